The van der Waals surface area contributed by atoms with Gasteiger partial charge >= 0.3 is 5.97 Å². The highest BCUT2D eigenvalue weighted by Crippen LogP contribution is 2.67. The third-order valence-corrected chi connectivity index (χ3v) is 11.9. The van der Waals surface area contributed by atoms with E-state index in [4.69, 9.17) is 9.94 Å². The van der Waals surface area contributed by atoms with Gasteiger partial charge in [-0.15, -0.1) is 0 Å². The summed E-state index contributed by atoms with van der Waals surface area (Å²) in [5.74, 6) is 4.58. The molecule has 0 unspecified atom stereocenters. The van der Waals surface area contributed by atoms with E-state index >= 15 is 0 Å². The highest BCUT2D eigenvalue weighted by molar-refractivity contribution is 5.90. The van der Waals surface area contributed by atoms with Crippen LogP contribution in [0.15, 0.2) is 35.9 Å². The van der Waals surface area contributed by atoms with Crippen LogP contribution in [0.4, 0.5) is 5.69 Å². The summed E-state index contributed by atoms with van der Waals surface area (Å²) in [6.07, 6.45) is 16.2. The second-order valence-electron chi connectivity index (χ2n) is 14.4. The highest BCUT2D eigenvalue weighted by Gasteiger charge is 2.59. The van der Waals surface area contributed by atoms with E-state index in [9.17, 15) is 10.0 Å². The molecule has 8 atom stereocenters. The Morgan fingerprint density at radius 1 is 1.05 bits per heavy atom. The molecule has 0 heterocycles. The smallest absolute Gasteiger partial charge is 0.338 e. The molecule has 39 heavy (non-hydrogen) atoms. The molecule has 3 fully saturated rings. The van der Waals surface area contributed by atoms with Crippen molar-refractivity contribution in [2.45, 2.75) is 111 Å². The molecule has 0 spiro atoms. The average molecular weight is 537 g/mol. The summed E-state index contributed by atoms with van der Waals surface area (Å²) in [5.41, 5.74) is 2.76. The fourth-order valence-corrected chi connectivity index (χ4v) is 9.70. The molecule has 0 saturated heterocycles. The van der Waals surface area contributed by atoms with Crippen molar-refractivity contribution in [1.82, 2.24) is 0 Å². The number of rotatable bonds is 8. The summed E-state index contributed by atoms with van der Waals surface area (Å²) in [4.78, 5) is 12.8. The second-order valence-corrected chi connectivity index (χ2v) is 14.4. The number of allylic oxidation sites excluding steroid dienone is 1. The molecule has 4 aliphatic carbocycles. The molecule has 1 aromatic rings. The lowest BCUT2D eigenvalue weighted by Gasteiger charge is -2.58. The van der Waals surface area contributed by atoms with E-state index < -0.39 is 0 Å². The van der Waals surface area contributed by atoms with E-state index in [0.717, 1.165) is 54.8 Å². The number of nitrogens with zero attached hydrogens (tertiary/aromatic N) is 1. The molecular weight excluding hydrogens is 486 g/mol. The van der Waals surface area contributed by atoms with Gasteiger partial charge in [-0.05, 0) is 116 Å². The number of carbonyl (C=O) groups excluding carboxylic acids is 1. The zero-order chi connectivity index (χ0) is 27.9. The van der Waals surface area contributed by atoms with Gasteiger partial charge in [-0.25, -0.2) is 4.79 Å². The lowest BCUT2D eigenvalue weighted by Crippen LogP contribution is -2.51. The first-order chi connectivity index (χ1) is 18.5. The van der Waals surface area contributed by atoms with E-state index in [1.807, 2.05) is 0 Å². The fourth-order valence-electron chi connectivity index (χ4n) is 9.70. The average Bonchev–Trinajstić information content (AvgIpc) is 3.26. The fraction of sp³-hybridized carbons (Fsp3) is 0.735. The topological polar surface area (TPSA) is 72.8 Å². The van der Waals surface area contributed by atoms with Crippen LogP contribution < -0.4 is 5.23 Å². The Morgan fingerprint density at radius 2 is 1.79 bits per heavy atom. The minimum atomic E-state index is -0.354. The maximum Gasteiger partial charge on any atom is 0.338 e. The molecule has 1 aromatic carbocycles. The van der Waals surface area contributed by atoms with Crippen molar-refractivity contribution in [3.8, 4) is 0 Å². The maximum atomic E-state index is 12.8. The van der Waals surface area contributed by atoms with Crippen LogP contribution in [0.25, 0.3) is 0 Å². The summed E-state index contributed by atoms with van der Waals surface area (Å²) in [5, 5.41) is 19.9. The molecule has 0 bridgehead atoms. The van der Waals surface area contributed by atoms with Gasteiger partial charge in [-0.2, -0.15) is 0 Å². The molecule has 0 amide bonds. The third kappa shape index (κ3) is 5.43. The van der Waals surface area contributed by atoms with Crippen molar-refractivity contribution < 1.29 is 14.7 Å². The van der Waals surface area contributed by atoms with Crippen molar-refractivity contribution in [3.63, 3.8) is 0 Å². The number of anilines is 1. The number of ether oxygens (including phenoxy) is 1. The molecule has 5 heteroatoms. The van der Waals surface area contributed by atoms with Crippen LogP contribution in [0.1, 0.15) is 116 Å². The quantitative estimate of drug-likeness (QED) is 0.204. The molecule has 0 aliphatic heterocycles. The molecule has 216 valence electrons. The predicted molar refractivity (Wildman–Crippen MR) is 156 cm³/mol. The first kappa shape index (κ1) is 28.7. The number of esters is 1. The zero-order valence-corrected chi connectivity index (χ0v) is 24.8. The number of fused-ring (bicyclic) bond motifs is 5. The molecule has 5 nitrogen and oxygen atoms in total. The first-order valence-corrected chi connectivity index (χ1v) is 15.7. The van der Waals surface area contributed by atoms with E-state index in [0.29, 0.717) is 11.0 Å². The first-order valence-electron chi connectivity index (χ1n) is 15.7. The summed E-state index contributed by atoms with van der Waals surface area (Å²) < 4.78 is 5.95. The summed E-state index contributed by atoms with van der Waals surface area (Å²) in [6.45, 7) is 12.4. The van der Waals surface area contributed by atoms with Crippen LogP contribution in [0.3, 0.4) is 0 Å². The third-order valence-electron chi connectivity index (χ3n) is 11.9. The Hall–Kier alpha value is -1.85. The van der Waals surface area contributed by atoms with Gasteiger partial charge < -0.3 is 15.2 Å². The minimum Gasteiger partial charge on any atom is -0.733 e. The Bertz CT molecular complexity index is 1050. The summed E-state index contributed by atoms with van der Waals surface area (Å²) in [6, 6.07) is 5.94. The monoisotopic (exact) mass is 536 g/mol. The van der Waals surface area contributed by atoms with E-state index in [1.54, 1.807) is 0 Å². The van der Waals surface area contributed by atoms with Crippen molar-refractivity contribution >= 4 is 11.7 Å². The summed E-state index contributed by atoms with van der Waals surface area (Å²) in [7, 11) is 0. The Balaban J connectivity index is 1.23. The predicted octanol–water partition coefficient (Wildman–Crippen LogP) is 8.95. The van der Waals surface area contributed by atoms with E-state index in [-0.39, 0.29) is 28.4 Å². The highest BCUT2D eigenvalue weighted by atomic mass is 16.8. The molecule has 0 aromatic heterocycles. The lowest BCUT2D eigenvalue weighted by molar-refractivity contribution is -0.0594. The van der Waals surface area contributed by atoms with Gasteiger partial charge in [0.05, 0.1) is 11.3 Å². The van der Waals surface area contributed by atoms with Gasteiger partial charge in [-0.3, -0.25) is 5.21 Å². The van der Waals surface area contributed by atoms with Crippen LogP contribution >= 0.6 is 0 Å². The van der Waals surface area contributed by atoms with Gasteiger partial charge in [-0.1, -0.05) is 65.5 Å². The standard InChI is InChI=1S/C34H50NO4/c1-22(2)7-6-8-23(3)29-15-16-30-28-14-11-25-21-27(17-19-33(25,4)31(28)18-20-34(29,30)5)39-32(36)24-9-12-26(13-10-24)35(37)38/h9-13,22-23,27-31,37H,6-8,14-21H2,1-5H3/q-1/t23-,27+,28-,29+,30+,31+,33+,34-/m1/s1. The number of hydrogen-bond donors (Lipinski definition) is 1. The Morgan fingerprint density at radius 3 is 2.49 bits per heavy atom. The molecule has 5 rings (SSSR count). The number of carbonyl (C=O) groups is 1. The molecule has 4 aliphatic rings. The van der Waals surface area contributed by atoms with Crippen molar-refractivity contribution in [2.75, 3.05) is 5.23 Å². The lowest BCUT2D eigenvalue weighted by atomic mass is 9.47. The Kier molecular flexibility index (Phi) is 8.23. The van der Waals surface area contributed by atoms with Gasteiger partial charge in [0.15, 0.2) is 0 Å². The molecule has 3 saturated carbocycles. The van der Waals surface area contributed by atoms with Gasteiger partial charge in [0, 0.05) is 6.42 Å². The normalized spacial score (nSPS) is 36.4. The van der Waals surface area contributed by atoms with Gasteiger partial charge in [0.25, 0.3) is 0 Å². The van der Waals surface area contributed by atoms with Crippen molar-refractivity contribution in [1.29, 1.82) is 0 Å². The molecular formula is C34H50NO4-. The zero-order valence-electron chi connectivity index (χ0n) is 24.8. The van der Waals surface area contributed by atoms with Crippen LogP contribution in [0.5, 0.6) is 0 Å². The molecule has 1 N–H and O–H groups in total. The Labute approximate surface area is 235 Å². The SMILES string of the molecule is CC(C)CCC[C@@H](C)[C@@H]1CC[C@H]2[C@H]3CC=C4C[C@@H](OC(=O)c5ccc(N([O-])O)cc5)CC[C@]4(C)[C@H]3CC[C@@]21C. The second kappa shape index (κ2) is 11.2. The van der Waals surface area contributed by atoms with Crippen molar-refractivity contribution in [3.05, 3.63) is 46.7 Å². The summed E-state index contributed by atoms with van der Waals surface area (Å²) >= 11 is 0. The largest absolute Gasteiger partial charge is 0.733 e. The van der Waals surface area contributed by atoms with E-state index in [1.165, 1.54) is 81.2 Å². The minimum absolute atomic E-state index is 0.0969. The number of benzene rings is 1. The van der Waals surface area contributed by atoms with Crippen LogP contribution in [-0.2, 0) is 4.74 Å². The van der Waals surface area contributed by atoms with Gasteiger partial charge in [0.1, 0.15) is 6.10 Å². The van der Waals surface area contributed by atoms with E-state index in [2.05, 4.69) is 40.7 Å². The van der Waals surface area contributed by atoms with Gasteiger partial charge in [0.2, 0.25) is 0 Å². The van der Waals surface area contributed by atoms with Crippen LogP contribution in [-0.4, -0.2) is 17.3 Å². The molecule has 0 radical (unpaired) electrons. The maximum absolute atomic E-state index is 12.8. The van der Waals surface area contributed by atoms with Crippen LogP contribution in [0, 0.1) is 51.5 Å². The number of hydrogen-bond acceptors (Lipinski definition) is 5. The van der Waals surface area contributed by atoms with Crippen molar-refractivity contribution in [2.24, 2.45) is 46.3 Å². The van der Waals surface area contributed by atoms with Crippen LogP contribution in [0.2, 0.25) is 0 Å².